The van der Waals surface area contributed by atoms with Crippen LogP contribution in [0.3, 0.4) is 0 Å². The standard InChI is InChI=1S/C18H17N3O3/c19-10-14-2-1-3-15(8-14)17(22)21-11-13-6-4-12(5-7-13)9-16(20)18(23)24/h1-8,16H,9,11,20H2,(H,21,22)(H,23,24). The van der Waals surface area contributed by atoms with Crippen LogP contribution in [0.5, 0.6) is 0 Å². The quantitative estimate of drug-likeness (QED) is 0.744. The van der Waals surface area contributed by atoms with E-state index in [1.54, 1.807) is 30.3 Å². The van der Waals surface area contributed by atoms with Gasteiger partial charge >= 0.3 is 5.97 Å². The molecule has 2 aromatic rings. The second kappa shape index (κ2) is 7.90. The van der Waals surface area contributed by atoms with Crippen LogP contribution < -0.4 is 11.1 Å². The minimum absolute atomic E-state index is 0.253. The van der Waals surface area contributed by atoms with Gasteiger partial charge in [0.2, 0.25) is 0 Å². The number of amides is 1. The number of carboxylic acid groups (broad SMARTS) is 1. The minimum atomic E-state index is -1.04. The molecule has 0 saturated carbocycles. The molecule has 1 amide bonds. The first-order valence-corrected chi connectivity index (χ1v) is 7.34. The molecule has 0 aliphatic rings. The Hall–Kier alpha value is -3.17. The average Bonchev–Trinajstić information content (AvgIpc) is 2.60. The highest BCUT2D eigenvalue weighted by atomic mass is 16.4. The molecule has 0 aliphatic heterocycles. The summed E-state index contributed by atoms with van der Waals surface area (Å²) in [6.45, 7) is 0.334. The number of hydrogen-bond acceptors (Lipinski definition) is 4. The zero-order chi connectivity index (χ0) is 17.5. The first-order chi connectivity index (χ1) is 11.5. The molecule has 2 rings (SSSR count). The van der Waals surface area contributed by atoms with Gasteiger partial charge in [0.25, 0.3) is 5.91 Å². The highest BCUT2D eigenvalue weighted by Gasteiger charge is 2.12. The number of aliphatic carboxylic acids is 1. The third-order valence-corrected chi connectivity index (χ3v) is 3.50. The second-order valence-electron chi connectivity index (χ2n) is 5.34. The lowest BCUT2D eigenvalue weighted by molar-refractivity contribution is -0.138. The predicted molar refractivity (Wildman–Crippen MR) is 88.1 cm³/mol. The van der Waals surface area contributed by atoms with Gasteiger partial charge in [0, 0.05) is 12.1 Å². The molecular weight excluding hydrogens is 306 g/mol. The number of hydrogen-bond donors (Lipinski definition) is 3. The zero-order valence-corrected chi connectivity index (χ0v) is 12.9. The van der Waals surface area contributed by atoms with Crippen molar-refractivity contribution in [3.63, 3.8) is 0 Å². The largest absolute Gasteiger partial charge is 0.480 e. The van der Waals surface area contributed by atoms with Crippen LogP contribution in [0, 0.1) is 11.3 Å². The number of nitriles is 1. The van der Waals surface area contributed by atoms with E-state index in [0.29, 0.717) is 17.7 Å². The summed E-state index contributed by atoms with van der Waals surface area (Å²) in [6.07, 6.45) is 0.253. The molecule has 0 saturated heterocycles. The van der Waals surface area contributed by atoms with Crippen molar-refractivity contribution in [1.29, 1.82) is 5.26 Å². The van der Waals surface area contributed by atoms with Gasteiger partial charge in [-0.05, 0) is 35.7 Å². The van der Waals surface area contributed by atoms with Crippen molar-refractivity contribution in [2.75, 3.05) is 0 Å². The van der Waals surface area contributed by atoms with Gasteiger partial charge in [-0.25, -0.2) is 0 Å². The van der Waals surface area contributed by atoms with E-state index in [9.17, 15) is 9.59 Å². The Morgan fingerprint density at radius 1 is 1.17 bits per heavy atom. The first-order valence-electron chi connectivity index (χ1n) is 7.34. The van der Waals surface area contributed by atoms with Crippen LogP contribution in [0.2, 0.25) is 0 Å². The number of benzene rings is 2. The Morgan fingerprint density at radius 3 is 2.46 bits per heavy atom. The van der Waals surface area contributed by atoms with E-state index in [1.165, 1.54) is 6.07 Å². The summed E-state index contributed by atoms with van der Waals surface area (Å²) in [5.41, 5.74) is 8.06. The van der Waals surface area contributed by atoms with Gasteiger partial charge in [0.15, 0.2) is 0 Å². The van der Waals surface area contributed by atoms with E-state index in [0.717, 1.165) is 11.1 Å². The maximum absolute atomic E-state index is 12.1. The van der Waals surface area contributed by atoms with Gasteiger partial charge in [-0.1, -0.05) is 30.3 Å². The maximum Gasteiger partial charge on any atom is 0.320 e. The van der Waals surface area contributed by atoms with Crippen molar-refractivity contribution in [2.24, 2.45) is 5.73 Å². The van der Waals surface area contributed by atoms with E-state index in [-0.39, 0.29) is 12.3 Å². The predicted octanol–water partition coefficient (Wildman–Crippen LogP) is 1.44. The Morgan fingerprint density at radius 2 is 1.83 bits per heavy atom. The summed E-state index contributed by atoms with van der Waals surface area (Å²) < 4.78 is 0. The molecule has 0 spiro atoms. The summed E-state index contributed by atoms with van der Waals surface area (Å²) in [5.74, 6) is -1.30. The third kappa shape index (κ3) is 4.66. The van der Waals surface area contributed by atoms with Crippen molar-refractivity contribution >= 4 is 11.9 Å². The molecule has 0 fully saturated rings. The summed E-state index contributed by atoms with van der Waals surface area (Å²) in [6, 6.07) is 14.8. The van der Waals surface area contributed by atoms with Gasteiger partial charge in [-0.2, -0.15) is 5.26 Å². The molecule has 0 aromatic heterocycles. The van der Waals surface area contributed by atoms with Crippen molar-refractivity contribution in [3.8, 4) is 6.07 Å². The van der Waals surface area contributed by atoms with Crippen LogP contribution in [-0.4, -0.2) is 23.0 Å². The first kappa shape index (κ1) is 17.2. The smallest absolute Gasteiger partial charge is 0.320 e. The number of nitrogens with zero attached hydrogens (tertiary/aromatic N) is 1. The SMILES string of the molecule is N#Cc1cccc(C(=O)NCc2ccc(CC(N)C(=O)O)cc2)c1. The van der Waals surface area contributed by atoms with Crippen LogP contribution in [0.25, 0.3) is 0 Å². The molecule has 4 N–H and O–H groups in total. The lowest BCUT2D eigenvalue weighted by Gasteiger charge is -2.09. The number of carboxylic acids is 1. The summed E-state index contributed by atoms with van der Waals surface area (Å²) in [7, 11) is 0. The molecule has 0 heterocycles. The Labute approximate surface area is 139 Å². The molecule has 1 atom stereocenters. The Kier molecular flexibility index (Phi) is 5.66. The normalized spacial score (nSPS) is 11.3. The van der Waals surface area contributed by atoms with Crippen LogP contribution in [0.1, 0.15) is 27.0 Å². The fourth-order valence-corrected chi connectivity index (χ4v) is 2.15. The molecule has 0 radical (unpaired) electrons. The molecule has 6 heteroatoms. The van der Waals surface area contributed by atoms with E-state index in [2.05, 4.69) is 5.32 Å². The lowest BCUT2D eigenvalue weighted by Crippen LogP contribution is -2.32. The van der Waals surface area contributed by atoms with E-state index < -0.39 is 12.0 Å². The molecule has 6 nitrogen and oxygen atoms in total. The van der Waals surface area contributed by atoms with Gasteiger partial charge in [-0.3, -0.25) is 9.59 Å². The highest BCUT2D eigenvalue weighted by Crippen LogP contribution is 2.08. The molecule has 1 unspecified atom stereocenters. The molecule has 122 valence electrons. The van der Waals surface area contributed by atoms with E-state index >= 15 is 0 Å². The van der Waals surface area contributed by atoms with Gasteiger partial charge in [0.1, 0.15) is 6.04 Å². The van der Waals surface area contributed by atoms with Gasteiger partial charge < -0.3 is 16.2 Å². The van der Waals surface area contributed by atoms with Crippen LogP contribution >= 0.6 is 0 Å². The third-order valence-electron chi connectivity index (χ3n) is 3.50. The Bertz CT molecular complexity index is 779. The van der Waals surface area contributed by atoms with Crippen molar-refractivity contribution in [2.45, 2.75) is 19.0 Å². The zero-order valence-electron chi connectivity index (χ0n) is 12.9. The van der Waals surface area contributed by atoms with Gasteiger partial charge in [0.05, 0.1) is 11.6 Å². The fraction of sp³-hybridized carbons (Fsp3) is 0.167. The summed E-state index contributed by atoms with van der Waals surface area (Å²) in [4.78, 5) is 22.8. The monoisotopic (exact) mass is 323 g/mol. The number of nitrogens with two attached hydrogens (primary N) is 1. The van der Waals surface area contributed by atoms with Crippen molar-refractivity contribution in [1.82, 2.24) is 5.32 Å². The highest BCUT2D eigenvalue weighted by molar-refractivity contribution is 5.94. The maximum atomic E-state index is 12.1. The average molecular weight is 323 g/mol. The number of carbonyl (C=O) groups is 2. The molecular formula is C18H17N3O3. The second-order valence-corrected chi connectivity index (χ2v) is 5.34. The van der Waals surface area contributed by atoms with Crippen LogP contribution in [-0.2, 0) is 17.8 Å². The van der Waals surface area contributed by atoms with E-state index in [4.69, 9.17) is 16.1 Å². The molecule has 0 aliphatic carbocycles. The summed E-state index contributed by atoms with van der Waals surface area (Å²) in [5, 5.41) is 20.4. The topological polar surface area (TPSA) is 116 Å². The number of nitrogens with one attached hydrogen (secondary N) is 1. The van der Waals surface area contributed by atoms with Crippen molar-refractivity contribution < 1.29 is 14.7 Å². The van der Waals surface area contributed by atoms with Crippen LogP contribution in [0.4, 0.5) is 0 Å². The summed E-state index contributed by atoms with van der Waals surface area (Å²) >= 11 is 0. The molecule has 0 bridgehead atoms. The minimum Gasteiger partial charge on any atom is -0.480 e. The molecule has 24 heavy (non-hydrogen) atoms. The molecule has 2 aromatic carbocycles. The van der Waals surface area contributed by atoms with Crippen molar-refractivity contribution in [3.05, 3.63) is 70.8 Å². The van der Waals surface area contributed by atoms with Crippen LogP contribution in [0.15, 0.2) is 48.5 Å². The lowest BCUT2D eigenvalue weighted by atomic mass is 10.0. The fourth-order valence-electron chi connectivity index (χ4n) is 2.15. The number of carbonyl (C=O) groups excluding carboxylic acids is 1. The van der Waals surface area contributed by atoms with E-state index in [1.807, 2.05) is 18.2 Å². The van der Waals surface area contributed by atoms with Gasteiger partial charge in [-0.15, -0.1) is 0 Å². The Balaban J connectivity index is 1.93. The number of rotatable bonds is 6.